The van der Waals surface area contributed by atoms with E-state index < -0.39 is 0 Å². The Morgan fingerprint density at radius 1 is 1.14 bits per heavy atom. The highest BCUT2D eigenvalue weighted by Crippen LogP contribution is 2.22. The Morgan fingerprint density at radius 3 is 2.48 bits per heavy atom. The molecule has 0 saturated heterocycles. The lowest BCUT2D eigenvalue weighted by molar-refractivity contribution is 0.469. The summed E-state index contributed by atoms with van der Waals surface area (Å²) in [6.07, 6.45) is 0. The second kappa shape index (κ2) is 6.76. The van der Waals surface area contributed by atoms with E-state index >= 15 is 0 Å². The van der Waals surface area contributed by atoms with E-state index in [9.17, 15) is 0 Å². The minimum atomic E-state index is 0.0559. The van der Waals surface area contributed by atoms with E-state index in [0.29, 0.717) is 17.1 Å². The van der Waals surface area contributed by atoms with Crippen molar-refractivity contribution in [3.63, 3.8) is 0 Å². The summed E-state index contributed by atoms with van der Waals surface area (Å²) in [5.74, 6) is 0. The SMILES string of the molecule is CC(C)(CNCc1ccc(C#N)cc1Cl)c1ccccc1. The van der Waals surface area contributed by atoms with Gasteiger partial charge in [-0.3, -0.25) is 0 Å². The molecule has 0 heterocycles. The van der Waals surface area contributed by atoms with Crippen LogP contribution in [0.2, 0.25) is 5.02 Å². The van der Waals surface area contributed by atoms with Gasteiger partial charge in [0, 0.05) is 23.5 Å². The molecule has 108 valence electrons. The Morgan fingerprint density at radius 2 is 1.86 bits per heavy atom. The van der Waals surface area contributed by atoms with E-state index in [-0.39, 0.29) is 5.41 Å². The van der Waals surface area contributed by atoms with Crippen LogP contribution in [0, 0.1) is 11.3 Å². The molecule has 0 atom stereocenters. The van der Waals surface area contributed by atoms with Gasteiger partial charge in [0.15, 0.2) is 0 Å². The Bertz CT molecular complexity index is 642. The largest absolute Gasteiger partial charge is 0.312 e. The molecule has 2 nitrogen and oxygen atoms in total. The van der Waals surface area contributed by atoms with Gasteiger partial charge in [0.2, 0.25) is 0 Å². The van der Waals surface area contributed by atoms with Crippen molar-refractivity contribution >= 4 is 11.6 Å². The number of hydrogen-bond donors (Lipinski definition) is 1. The van der Waals surface area contributed by atoms with Crippen LogP contribution in [0.5, 0.6) is 0 Å². The maximum absolute atomic E-state index is 8.84. The molecule has 2 aromatic rings. The van der Waals surface area contributed by atoms with Crippen molar-refractivity contribution in [2.24, 2.45) is 0 Å². The highest BCUT2D eigenvalue weighted by atomic mass is 35.5. The number of nitrogens with one attached hydrogen (secondary N) is 1. The summed E-state index contributed by atoms with van der Waals surface area (Å²) < 4.78 is 0. The van der Waals surface area contributed by atoms with Crippen LogP contribution in [0.15, 0.2) is 48.5 Å². The molecular formula is C18H19ClN2. The maximum Gasteiger partial charge on any atom is 0.0992 e. The molecule has 0 fully saturated rings. The van der Waals surface area contributed by atoms with Gasteiger partial charge in [-0.05, 0) is 23.3 Å². The molecule has 0 bridgehead atoms. The van der Waals surface area contributed by atoms with Crippen molar-refractivity contribution in [1.29, 1.82) is 5.26 Å². The molecule has 0 spiro atoms. The molecule has 21 heavy (non-hydrogen) atoms. The Hall–Kier alpha value is -1.82. The van der Waals surface area contributed by atoms with Crippen LogP contribution >= 0.6 is 11.6 Å². The molecule has 0 aliphatic heterocycles. The molecule has 1 N–H and O–H groups in total. The standard InChI is InChI=1S/C18H19ClN2/c1-18(2,16-6-4-3-5-7-16)13-21-12-15-9-8-14(11-20)10-17(15)19/h3-10,21H,12-13H2,1-2H3. The lowest BCUT2D eigenvalue weighted by Crippen LogP contribution is -2.32. The van der Waals surface area contributed by atoms with E-state index in [1.165, 1.54) is 5.56 Å². The third kappa shape index (κ3) is 4.07. The van der Waals surface area contributed by atoms with E-state index in [1.54, 1.807) is 12.1 Å². The first-order valence-electron chi connectivity index (χ1n) is 6.98. The van der Waals surface area contributed by atoms with Crippen molar-refractivity contribution in [3.8, 4) is 6.07 Å². The van der Waals surface area contributed by atoms with Gasteiger partial charge < -0.3 is 5.32 Å². The number of nitrogens with zero attached hydrogens (tertiary/aromatic N) is 1. The highest BCUT2D eigenvalue weighted by Gasteiger charge is 2.19. The monoisotopic (exact) mass is 298 g/mol. The Balaban J connectivity index is 1.97. The summed E-state index contributed by atoms with van der Waals surface area (Å²) in [6.45, 7) is 5.99. The van der Waals surface area contributed by atoms with Gasteiger partial charge in [0.25, 0.3) is 0 Å². The maximum atomic E-state index is 8.84. The number of rotatable bonds is 5. The molecule has 0 amide bonds. The first kappa shape index (κ1) is 15.6. The third-order valence-corrected chi connectivity index (χ3v) is 3.97. The fraction of sp³-hybridized carbons (Fsp3) is 0.278. The average molecular weight is 299 g/mol. The lowest BCUT2D eigenvalue weighted by atomic mass is 9.84. The van der Waals surface area contributed by atoms with Gasteiger partial charge in [-0.15, -0.1) is 0 Å². The highest BCUT2D eigenvalue weighted by molar-refractivity contribution is 6.31. The third-order valence-electron chi connectivity index (χ3n) is 3.62. The molecule has 0 unspecified atom stereocenters. The minimum absolute atomic E-state index is 0.0559. The molecule has 3 heteroatoms. The summed E-state index contributed by atoms with van der Waals surface area (Å²) in [7, 11) is 0. The van der Waals surface area contributed by atoms with Crippen molar-refractivity contribution in [2.45, 2.75) is 25.8 Å². The van der Waals surface area contributed by atoms with E-state index in [0.717, 1.165) is 12.1 Å². The smallest absolute Gasteiger partial charge is 0.0992 e. The summed E-state index contributed by atoms with van der Waals surface area (Å²) in [6, 6.07) is 18.0. The van der Waals surface area contributed by atoms with E-state index in [4.69, 9.17) is 16.9 Å². The van der Waals surface area contributed by atoms with Crippen LogP contribution in [-0.4, -0.2) is 6.54 Å². The first-order valence-corrected chi connectivity index (χ1v) is 7.35. The first-order chi connectivity index (χ1) is 10.0. The van der Waals surface area contributed by atoms with Crippen molar-refractivity contribution in [2.75, 3.05) is 6.54 Å². The topological polar surface area (TPSA) is 35.8 Å². The molecule has 2 rings (SSSR count). The average Bonchev–Trinajstić information content (AvgIpc) is 2.49. The zero-order chi connectivity index (χ0) is 15.3. The van der Waals surface area contributed by atoms with E-state index in [1.807, 2.05) is 12.1 Å². The second-order valence-electron chi connectivity index (χ2n) is 5.77. The van der Waals surface area contributed by atoms with Crippen LogP contribution in [0.1, 0.15) is 30.5 Å². The predicted molar refractivity (Wildman–Crippen MR) is 87.3 cm³/mol. The van der Waals surface area contributed by atoms with Crippen LogP contribution in [-0.2, 0) is 12.0 Å². The molecule has 0 aliphatic rings. The van der Waals surface area contributed by atoms with Gasteiger partial charge in [0.05, 0.1) is 11.6 Å². The molecule has 0 radical (unpaired) electrons. The predicted octanol–water partition coefficient (Wildman–Crippen LogP) is 4.28. The van der Waals surface area contributed by atoms with Gasteiger partial charge >= 0.3 is 0 Å². The van der Waals surface area contributed by atoms with Crippen LogP contribution in [0.4, 0.5) is 0 Å². The summed E-state index contributed by atoms with van der Waals surface area (Å²) in [4.78, 5) is 0. The van der Waals surface area contributed by atoms with Crippen molar-refractivity contribution < 1.29 is 0 Å². The second-order valence-corrected chi connectivity index (χ2v) is 6.18. The quantitative estimate of drug-likeness (QED) is 0.894. The number of hydrogen-bond acceptors (Lipinski definition) is 2. The van der Waals surface area contributed by atoms with Crippen molar-refractivity contribution in [3.05, 3.63) is 70.2 Å². The summed E-state index contributed by atoms with van der Waals surface area (Å²) in [5.41, 5.74) is 2.97. The summed E-state index contributed by atoms with van der Waals surface area (Å²) in [5, 5.41) is 12.9. The zero-order valence-electron chi connectivity index (χ0n) is 12.4. The zero-order valence-corrected chi connectivity index (χ0v) is 13.1. The lowest BCUT2D eigenvalue weighted by Gasteiger charge is -2.26. The van der Waals surface area contributed by atoms with Gasteiger partial charge in [0.1, 0.15) is 0 Å². The fourth-order valence-corrected chi connectivity index (χ4v) is 2.51. The molecule has 0 saturated carbocycles. The van der Waals surface area contributed by atoms with Crippen LogP contribution < -0.4 is 5.32 Å². The number of halogens is 1. The molecule has 2 aromatic carbocycles. The number of benzene rings is 2. The van der Waals surface area contributed by atoms with Crippen LogP contribution in [0.25, 0.3) is 0 Å². The molecule has 0 aromatic heterocycles. The Kier molecular flexibility index (Phi) is 5.01. The minimum Gasteiger partial charge on any atom is -0.312 e. The van der Waals surface area contributed by atoms with Crippen LogP contribution in [0.3, 0.4) is 0 Å². The van der Waals surface area contributed by atoms with Gasteiger partial charge in [-0.25, -0.2) is 0 Å². The normalized spacial score (nSPS) is 11.1. The van der Waals surface area contributed by atoms with Gasteiger partial charge in [-0.2, -0.15) is 5.26 Å². The fourth-order valence-electron chi connectivity index (χ4n) is 2.26. The molecule has 0 aliphatic carbocycles. The van der Waals surface area contributed by atoms with E-state index in [2.05, 4.69) is 49.5 Å². The van der Waals surface area contributed by atoms with Crippen molar-refractivity contribution in [1.82, 2.24) is 5.32 Å². The van der Waals surface area contributed by atoms with Gasteiger partial charge in [-0.1, -0.05) is 61.8 Å². The summed E-state index contributed by atoms with van der Waals surface area (Å²) >= 11 is 6.18. The number of nitriles is 1. The Labute approximate surface area is 131 Å². The molecular weight excluding hydrogens is 280 g/mol.